The second-order valence-corrected chi connectivity index (χ2v) is 6.02. The molecular weight excluding hydrogens is 346 g/mol. The molecule has 132 valence electrons. The van der Waals surface area contributed by atoms with Crippen molar-refractivity contribution in [3.8, 4) is 11.3 Å². The number of pyridine rings is 1. The number of anilines is 1. The number of hydrogen-bond acceptors (Lipinski definition) is 2. The van der Waals surface area contributed by atoms with E-state index >= 15 is 0 Å². The van der Waals surface area contributed by atoms with Gasteiger partial charge in [-0.2, -0.15) is 0 Å². The molecule has 0 saturated heterocycles. The molecule has 4 aromatic rings. The largest absolute Gasteiger partial charge is 0.319 e. The number of carbonyl (C=O) groups excluding carboxylic acids is 1. The lowest BCUT2D eigenvalue weighted by molar-refractivity contribution is 0.102. The summed E-state index contributed by atoms with van der Waals surface area (Å²) in [6.07, 6.45) is 0. The fourth-order valence-corrected chi connectivity index (χ4v) is 2.89. The van der Waals surface area contributed by atoms with E-state index in [0.717, 1.165) is 5.56 Å². The Morgan fingerprint density at radius 2 is 1.59 bits per heavy atom. The third-order valence-corrected chi connectivity index (χ3v) is 4.21. The maximum Gasteiger partial charge on any atom is 0.256 e. The Morgan fingerprint density at radius 3 is 2.37 bits per heavy atom. The smallest absolute Gasteiger partial charge is 0.256 e. The van der Waals surface area contributed by atoms with Gasteiger partial charge in [0.2, 0.25) is 0 Å². The van der Waals surface area contributed by atoms with Gasteiger partial charge in [0, 0.05) is 10.9 Å². The lowest BCUT2D eigenvalue weighted by Crippen LogP contribution is -2.14. The monoisotopic (exact) mass is 360 g/mol. The van der Waals surface area contributed by atoms with Crippen LogP contribution in [0.2, 0.25) is 0 Å². The van der Waals surface area contributed by atoms with Crippen LogP contribution in [0.1, 0.15) is 10.4 Å². The van der Waals surface area contributed by atoms with Gasteiger partial charge in [-0.05, 0) is 36.4 Å². The number of carbonyl (C=O) groups is 1. The van der Waals surface area contributed by atoms with Crippen LogP contribution in [0.5, 0.6) is 0 Å². The second-order valence-electron chi connectivity index (χ2n) is 6.02. The van der Waals surface area contributed by atoms with Crippen molar-refractivity contribution < 1.29 is 13.6 Å². The van der Waals surface area contributed by atoms with E-state index in [1.807, 2.05) is 30.3 Å². The molecule has 0 aliphatic carbocycles. The van der Waals surface area contributed by atoms with Crippen molar-refractivity contribution in [1.29, 1.82) is 0 Å². The lowest BCUT2D eigenvalue weighted by atomic mass is 10.0. The molecule has 0 atom stereocenters. The molecule has 0 radical (unpaired) electrons. The van der Waals surface area contributed by atoms with Crippen LogP contribution >= 0.6 is 0 Å². The van der Waals surface area contributed by atoms with E-state index in [2.05, 4.69) is 10.3 Å². The van der Waals surface area contributed by atoms with Crippen LogP contribution in [0.25, 0.3) is 22.2 Å². The van der Waals surface area contributed by atoms with Crippen LogP contribution in [-0.4, -0.2) is 10.9 Å². The molecule has 0 saturated carbocycles. The molecule has 4 rings (SSSR count). The highest BCUT2D eigenvalue weighted by molar-refractivity contribution is 6.13. The summed E-state index contributed by atoms with van der Waals surface area (Å²) in [7, 11) is 0. The third-order valence-electron chi connectivity index (χ3n) is 4.21. The fraction of sp³-hybridized carbons (Fsp3) is 0. The molecule has 1 aromatic heterocycles. The van der Waals surface area contributed by atoms with Crippen LogP contribution < -0.4 is 5.32 Å². The Kier molecular flexibility index (Phi) is 4.34. The van der Waals surface area contributed by atoms with Gasteiger partial charge in [0.25, 0.3) is 5.91 Å². The van der Waals surface area contributed by atoms with E-state index in [9.17, 15) is 13.6 Å². The number of nitrogens with one attached hydrogen (secondary N) is 1. The Hall–Kier alpha value is -3.60. The zero-order chi connectivity index (χ0) is 18.8. The molecule has 0 unspecified atom stereocenters. The number of benzene rings is 3. The Morgan fingerprint density at radius 1 is 0.852 bits per heavy atom. The summed E-state index contributed by atoms with van der Waals surface area (Å²) in [4.78, 5) is 17.4. The topological polar surface area (TPSA) is 42.0 Å². The summed E-state index contributed by atoms with van der Waals surface area (Å²) in [6, 6.07) is 20.9. The molecule has 0 aliphatic rings. The molecule has 5 heteroatoms. The van der Waals surface area contributed by atoms with Gasteiger partial charge >= 0.3 is 0 Å². The Balaban J connectivity index is 1.85. The van der Waals surface area contributed by atoms with Crippen molar-refractivity contribution >= 4 is 22.5 Å². The maximum atomic E-state index is 13.9. The van der Waals surface area contributed by atoms with E-state index in [0.29, 0.717) is 16.6 Å². The second kappa shape index (κ2) is 6.96. The average molecular weight is 360 g/mol. The minimum Gasteiger partial charge on any atom is -0.319 e. The van der Waals surface area contributed by atoms with Crippen LogP contribution in [-0.2, 0) is 0 Å². The first kappa shape index (κ1) is 16.8. The minimum atomic E-state index is -0.543. The number of para-hydroxylation sites is 1. The van der Waals surface area contributed by atoms with Gasteiger partial charge in [-0.25, -0.2) is 13.8 Å². The standard InChI is InChI=1S/C22H14F2N2O/c23-15-10-11-19-16(12-15)17(13-21(25-19)14-6-2-1-3-7-14)22(27)26-20-9-5-4-8-18(20)24/h1-13H,(H,26,27). The SMILES string of the molecule is O=C(Nc1ccccc1F)c1cc(-c2ccccc2)nc2ccc(F)cc12. The maximum absolute atomic E-state index is 13.9. The molecule has 1 amide bonds. The van der Waals surface area contributed by atoms with E-state index in [1.54, 1.807) is 12.1 Å². The number of amides is 1. The Bertz CT molecular complexity index is 1140. The molecule has 1 heterocycles. The van der Waals surface area contributed by atoms with Crippen molar-refractivity contribution in [2.24, 2.45) is 0 Å². The Labute approximate surface area is 154 Å². The van der Waals surface area contributed by atoms with Crippen LogP contribution in [0.3, 0.4) is 0 Å². The van der Waals surface area contributed by atoms with E-state index in [1.165, 1.54) is 36.4 Å². The average Bonchev–Trinajstić information content (AvgIpc) is 2.69. The number of hydrogen-bond donors (Lipinski definition) is 1. The summed E-state index contributed by atoms with van der Waals surface area (Å²) >= 11 is 0. The molecule has 27 heavy (non-hydrogen) atoms. The molecule has 0 fully saturated rings. The molecule has 0 spiro atoms. The summed E-state index contributed by atoms with van der Waals surface area (Å²) in [5.41, 5.74) is 2.17. The highest BCUT2D eigenvalue weighted by Gasteiger charge is 2.16. The number of rotatable bonds is 3. The van der Waals surface area contributed by atoms with Gasteiger partial charge in [-0.1, -0.05) is 42.5 Å². The lowest BCUT2D eigenvalue weighted by Gasteiger charge is -2.11. The van der Waals surface area contributed by atoms with Gasteiger partial charge in [0.1, 0.15) is 11.6 Å². The normalized spacial score (nSPS) is 10.7. The summed E-state index contributed by atoms with van der Waals surface area (Å²) in [5, 5.41) is 2.92. The minimum absolute atomic E-state index is 0.0603. The van der Waals surface area contributed by atoms with Gasteiger partial charge in [-0.3, -0.25) is 4.79 Å². The van der Waals surface area contributed by atoms with Gasteiger partial charge < -0.3 is 5.32 Å². The first-order valence-electron chi connectivity index (χ1n) is 8.33. The first-order chi connectivity index (χ1) is 13.1. The highest BCUT2D eigenvalue weighted by Crippen LogP contribution is 2.26. The van der Waals surface area contributed by atoms with Crippen LogP contribution in [0.4, 0.5) is 14.5 Å². The first-order valence-corrected chi connectivity index (χ1v) is 8.33. The number of fused-ring (bicyclic) bond motifs is 1. The molecule has 3 aromatic carbocycles. The fourth-order valence-electron chi connectivity index (χ4n) is 2.89. The predicted molar refractivity (Wildman–Crippen MR) is 101 cm³/mol. The van der Waals surface area contributed by atoms with Crippen LogP contribution in [0, 0.1) is 11.6 Å². The molecule has 3 nitrogen and oxygen atoms in total. The summed E-state index contributed by atoms with van der Waals surface area (Å²) in [6.45, 7) is 0. The van der Waals surface area contributed by atoms with Crippen molar-refractivity contribution in [3.05, 3.63) is 96.1 Å². The molecular formula is C22H14F2N2O. The number of aromatic nitrogens is 1. The van der Waals surface area contributed by atoms with E-state index < -0.39 is 17.5 Å². The van der Waals surface area contributed by atoms with Crippen LogP contribution in [0.15, 0.2) is 78.9 Å². The third kappa shape index (κ3) is 3.40. The highest BCUT2D eigenvalue weighted by atomic mass is 19.1. The molecule has 0 bridgehead atoms. The van der Waals surface area contributed by atoms with Gasteiger partial charge in [0.05, 0.1) is 22.5 Å². The molecule has 1 N–H and O–H groups in total. The van der Waals surface area contributed by atoms with Gasteiger partial charge in [0.15, 0.2) is 0 Å². The number of halogens is 2. The van der Waals surface area contributed by atoms with E-state index in [-0.39, 0.29) is 11.3 Å². The van der Waals surface area contributed by atoms with Crippen molar-refractivity contribution in [1.82, 2.24) is 4.98 Å². The molecule has 0 aliphatic heterocycles. The zero-order valence-corrected chi connectivity index (χ0v) is 14.1. The van der Waals surface area contributed by atoms with Crippen molar-refractivity contribution in [3.63, 3.8) is 0 Å². The summed E-state index contributed by atoms with van der Waals surface area (Å²) < 4.78 is 27.7. The van der Waals surface area contributed by atoms with Crippen molar-refractivity contribution in [2.45, 2.75) is 0 Å². The van der Waals surface area contributed by atoms with Gasteiger partial charge in [-0.15, -0.1) is 0 Å². The van der Waals surface area contributed by atoms with E-state index in [4.69, 9.17) is 0 Å². The predicted octanol–water partition coefficient (Wildman–Crippen LogP) is 5.43. The number of nitrogens with zero attached hydrogens (tertiary/aromatic N) is 1. The zero-order valence-electron chi connectivity index (χ0n) is 14.1. The quantitative estimate of drug-likeness (QED) is 0.529. The summed E-state index contributed by atoms with van der Waals surface area (Å²) in [5.74, 6) is -1.55. The van der Waals surface area contributed by atoms with Crippen molar-refractivity contribution in [2.75, 3.05) is 5.32 Å².